The van der Waals surface area contributed by atoms with Crippen LogP contribution in [0.25, 0.3) is 0 Å². The predicted molar refractivity (Wildman–Crippen MR) is 106 cm³/mol. The molecule has 2 rings (SSSR count). The number of hydrogen-bond donors (Lipinski definition) is 1. The maximum atomic E-state index is 4.49. The smallest absolute Gasteiger partial charge is 0.194 e. The van der Waals surface area contributed by atoms with Crippen LogP contribution in [0.2, 0.25) is 0 Å². The third-order valence-electron chi connectivity index (χ3n) is 3.05. The van der Waals surface area contributed by atoms with Gasteiger partial charge in [-0.15, -0.1) is 46.7 Å². The highest BCUT2D eigenvalue weighted by Crippen LogP contribution is 2.16. The molecule has 22 heavy (non-hydrogen) atoms. The first-order chi connectivity index (χ1) is 9.99. The molecule has 0 saturated heterocycles. The van der Waals surface area contributed by atoms with Crippen LogP contribution in [0, 0.1) is 20.8 Å². The Balaban J connectivity index is 0.00000242. The molecule has 2 aromatic heterocycles. The van der Waals surface area contributed by atoms with Crippen LogP contribution < -0.4 is 5.32 Å². The molecule has 0 aromatic carbocycles. The fourth-order valence-electron chi connectivity index (χ4n) is 2.08. The number of thiazole rings is 2. The van der Waals surface area contributed by atoms with Crippen molar-refractivity contribution in [1.82, 2.24) is 20.2 Å². The van der Waals surface area contributed by atoms with Gasteiger partial charge < -0.3 is 10.2 Å². The van der Waals surface area contributed by atoms with Gasteiger partial charge in [-0.25, -0.2) is 9.97 Å². The molecule has 1 N–H and O–H groups in total. The number of aromatic nitrogens is 2. The van der Waals surface area contributed by atoms with Crippen LogP contribution in [0.3, 0.4) is 0 Å². The van der Waals surface area contributed by atoms with E-state index in [1.54, 1.807) is 29.7 Å². The van der Waals surface area contributed by atoms with Crippen molar-refractivity contribution in [2.75, 3.05) is 14.1 Å². The molecule has 0 fully saturated rings. The van der Waals surface area contributed by atoms with E-state index >= 15 is 0 Å². The predicted octanol–water partition coefficient (Wildman–Crippen LogP) is 3.35. The van der Waals surface area contributed by atoms with E-state index < -0.39 is 0 Å². The van der Waals surface area contributed by atoms with Crippen LogP contribution in [-0.2, 0) is 13.1 Å². The second-order valence-electron chi connectivity index (χ2n) is 4.86. The van der Waals surface area contributed by atoms with Crippen LogP contribution >= 0.6 is 46.7 Å². The fourth-order valence-corrected chi connectivity index (χ4v) is 3.56. The summed E-state index contributed by atoms with van der Waals surface area (Å²) in [5, 5.41) is 7.68. The topological polar surface area (TPSA) is 53.4 Å². The van der Waals surface area contributed by atoms with E-state index in [9.17, 15) is 0 Å². The Bertz CT molecular complexity index is 635. The molecule has 0 aliphatic carbocycles. The highest BCUT2D eigenvalue weighted by Gasteiger charge is 2.10. The molecule has 122 valence electrons. The van der Waals surface area contributed by atoms with Crippen molar-refractivity contribution >= 4 is 52.6 Å². The SMILES string of the molecule is CN=C(NCc1sc(C)nc1C)N(C)Cc1csc(C)n1.I. The zero-order valence-corrected chi connectivity index (χ0v) is 17.5. The summed E-state index contributed by atoms with van der Waals surface area (Å²) >= 11 is 3.40. The number of hydrogen-bond acceptors (Lipinski definition) is 5. The molecule has 0 amide bonds. The lowest BCUT2D eigenvalue weighted by Crippen LogP contribution is -2.38. The van der Waals surface area contributed by atoms with Gasteiger partial charge in [-0.1, -0.05) is 0 Å². The molecular weight excluding hydrogens is 429 g/mol. The minimum absolute atomic E-state index is 0. The Morgan fingerprint density at radius 3 is 2.50 bits per heavy atom. The molecule has 5 nitrogen and oxygen atoms in total. The maximum Gasteiger partial charge on any atom is 0.194 e. The number of nitrogens with zero attached hydrogens (tertiary/aromatic N) is 4. The van der Waals surface area contributed by atoms with Crippen molar-refractivity contribution in [1.29, 1.82) is 0 Å². The Morgan fingerprint density at radius 1 is 1.27 bits per heavy atom. The lowest BCUT2D eigenvalue weighted by atomic mass is 10.4. The molecule has 0 aliphatic heterocycles. The number of aliphatic imine (C=N–C) groups is 1. The summed E-state index contributed by atoms with van der Waals surface area (Å²) < 4.78 is 0. The zero-order chi connectivity index (χ0) is 15.4. The Kier molecular flexibility index (Phi) is 7.70. The van der Waals surface area contributed by atoms with E-state index in [1.807, 2.05) is 27.8 Å². The molecule has 0 radical (unpaired) electrons. The highest BCUT2D eigenvalue weighted by molar-refractivity contribution is 14.0. The van der Waals surface area contributed by atoms with E-state index in [0.29, 0.717) is 0 Å². The molecule has 0 atom stereocenters. The average molecular weight is 451 g/mol. The van der Waals surface area contributed by atoms with E-state index in [-0.39, 0.29) is 24.0 Å². The molecule has 0 bridgehead atoms. The maximum absolute atomic E-state index is 4.49. The van der Waals surface area contributed by atoms with Crippen LogP contribution in [0.4, 0.5) is 0 Å². The average Bonchev–Trinajstić information content (AvgIpc) is 2.96. The second-order valence-corrected chi connectivity index (χ2v) is 7.21. The van der Waals surface area contributed by atoms with E-state index in [2.05, 4.69) is 30.6 Å². The summed E-state index contributed by atoms with van der Waals surface area (Å²) in [7, 11) is 3.82. The summed E-state index contributed by atoms with van der Waals surface area (Å²) in [5.74, 6) is 0.867. The van der Waals surface area contributed by atoms with Gasteiger partial charge in [0.2, 0.25) is 0 Å². The minimum Gasteiger partial charge on any atom is -0.351 e. The molecule has 8 heteroatoms. The normalized spacial score (nSPS) is 11.2. The first-order valence-corrected chi connectivity index (χ1v) is 8.45. The molecule has 0 saturated carbocycles. The number of nitrogens with one attached hydrogen (secondary N) is 1. The summed E-state index contributed by atoms with van der Waals surface area (Å²) in [4.78, 5) is 16.6. The third-order valence-corrected chi connectivity index (χ3v) is 4.94. The van der Waals surface area contributed by atoms with Crippen molar-refractivity contribution in [2.45, 2.75) is 33.9 Å². The van der Waals surface area contributed by atoms with Gasteiger partial charge in [0.1, 0.15) is 0 Å². The van der Waals surface area contributed by atoms with Gasteiger partial charge in [0.15, 0.2) is 5.96 Å². The molecule has 2 aromatic rings. The van der Waals surface area contributed by atoms with Gasteiger partial charge in [-0.2, -0.15) is 0 Å². The van der Waals surface area contributed by atoms with Gasteiger partial charge in [-0.3, -0.25) is 4.99 Å². The third kappa shape index (κ3) is 5.17. The minimum atomic E-state index is 0. The monoisotopic (exact) mass is 451 g/mol. The molecule has 0 spiro atoms. The summed E-state index contributed by atoms with van der Waals surface area (Å²) in [5.41, 5.74) is 2.17. The first-order valence-electron chi connectivity index (χ1n) is 6.75. The lowest BCUT2D eigenvalue weighted by molar-refractivity contribution is 0.471. The Hall–Kier alpha value is -0.740. The molecule has 0 unspecified atom stereocenters. The summed E-state index contributed by atoms with van der Waals surface area (Å²) in [6.45, 7) is 7.61. The van der Waals surface area contributed by atoms with E-state index in [4.69, 9.17) is 0 Å². The summed E-state index contributed by atoms with van der Waals surface area (Å²) in [6, 6.07) is 0. The standard InChI is InChI=1S/C14H21N5S2.HI/c1-9-13(21-11(3)17-9)6-16-14(15-4)19(5)7-12-8-20-10(2)18-12;/h8H,6-7H2,1-5H3,(H,15,16);1H. The van der Waals surface area contributed by atoms with Crippen LogP contribution in [0.1, 0.15) is 26.3 Å². The van der Waals surface area contributed by atoms with Crippen molar-refractivity contribution in [3.63, 3.8) is 0 Å². The van der Waals surface area contributed by atoms with Crippen LogP contribution in [0.15, 0.2) is 10.4 Å². The van der Waals surface area contributed by atoms with E-state index in [1.165, 1.54) is 4.88 Å². The molecule has 0 aliphatic rings. The lowest BCUT2D eigenvalue weighted by Gasteiger charge is -2.21. The Morgan fingerprint density at radius 2 is 2.00 bits per heavy atom. The quantitative estimate of drug-likeness (QED) is 0.440. The van der Waals surface area contributed by atoms with E-state index in [0.717, 1.165) is 40.5 Å². The van der Waals surface area contributed by atoms with Crippen LogP contribution in [0.5, 0.6) is 0 Å². The number of aryl methyl sites for hydroxylation is 3. The van der Waals surface area contributed by atoms with Gasteiger partial charge in [0.25, 0.3) is 0 Å². The molecule has 2 heterocycles. The van der Waals surface area contributed by atoms with Gasteiger partial charge >= 0.3 is 0 Å². The number of guanidine groups is 1. The summed E-state index contributed by atoms with van der Waals surface area (Å²) in [6.07, 6.45) is 0. The van der Waals surface area contributed by atoms with Gasteiger partial charge in [-0.05, 0) is 20.8 Å². The van der Waals surface area contributed by atoms with Crippen molar-refractivity contribution in [3.8, 4) is 0 Å². The zero-order valence-electron chi connectivity index (χ0n) is 13.5. The van der Waals surface area contributed by atoms with Crippen molar-refractivity contribution < 1.29 is 0 Å². The first kappa shape index (κ1) is 19.3. The second kappa shape index (κ2) is 8.78. The van der Waals surface area contributed by atoms with Crippen molar-refractivity contribution in [2.24, 2.45) is 4.99 Å². The highest BCUT2D eigenvalue weighted by atomic mass is 127. The van der Waals surface area contributed by atoms with Gasteiger partial charge in [0, 0.05) is 24.4 Å². The Labute approximate surface area is 156 Å². The molecular formula is C14H22IN5S2. The largest absolute Gasteiger partial charge is 0.351 e. The number of rotatable bonds is 4. The number of halogens is 1. The van der Waals surface area contributed by atoms with Crippen LogP contribution in [-0.4, -0.2) is 34.9 Å². The van der Waals surface area contributed by atoms with Gasteiger partial charge in [0.05, 0.1) is 34.5 Å². The fraction of sp³-hybridized carbons (Fsp3) is 0.500. The van der Waals surface area contributed by atoms with Crippen molar-refractivity contribution in [3.05, 3.63) is 31.7 Å².